The second-order valence-electron chi connectivity index (χ2n) is 5.69. The number of rotatable bonds is 3. The molecule has 1 N–H and O–H groups in total. The number of carbonyl (C=O) groups excluding carboxylic acids is 1. The largest absolute Gasteiger partial charge is 0.465 e. The molecule has 9 heteroatoms. The van der Waals surface area contributed by atoms with Gasteiger partial charge in [-0.05, 0) is 30.3 Å². The van der Waals surface area contributed by atoms with Gasteiger partial charge in [0.15, 0.2) is 0 Å². The van der Waals surface area contributed by atoms with Gasteiger partial charge in [0.1, 0.15) is 0 Å². The summed E-state index contributed by atoms with van der Waals surface area (Å²) in [6.07, 6.45) is -4.65. The molecule has 0 fully saturated rings. The van der Waals surface area contributed by atoms with Gasteiger partial charge in [-0.2, -0.15) is 18.4 Å². The molecule has 0 spiro atoms. The lowest BCUT2D eigenvalue weighted by Crippen LogP contribution is -2.08. The first-order valence-corrected chi connectivity index (χ1v) is 7.67. The molecule has 3 aromatic rings. The predicted molar refractivity (Wildman–Crippen MR) is 91.5 cm³/mol. The lowest BCUT2D eigenvalue weighted by molar-refractivity contribution is -0.137. The summed E-state index contributed by atoms with van der Waals surface area (Å²) < 4.78 is 45.6. The van der Waals surface area contributed by atoms with Gasteiger partial charge >= 0.3 is 12.1 Å². The number of carbonyl (C=O) groups is 1. The van der Waals surface area contributed by atoms with Crippen LogP contribution in [0.3, 0.4) is 0 Å². The van der Waals surface area contributed by atoms with E-state index in [-0.39, 0.29) is 17.0 Å². The summed E-state index contributed by atoms with van der Waals surface area (Å²) in [5, 5.41) is 12.0. The molecular weight excluding hydrogens is 361 g/mol. The van der Waals surface area contributed by atoms with Crippen molar-refractivity contribution >= 4 is 28.6 Å². The van der Waals surface area contributed by atoms with Crippen LogP contribution in [0.1, 0.15) is 21.5 Å². The fraction of sp³-hybridized carbons (Fsp3) is 0.167. The Hall–Kier alpha value is -3.54. The molecule has 0 aliphatic heterocycles. The Morgan fingerprint density at radius 1 is 1.30 bits per heavy atom. The van der Waals surface area contributed by atoms with Crippen molar-refractivity contribution in [3.05, 3.63) is 53.1 Å². The number of nitriles is 1. The highest BCUT2D eigenvalue weighted by Crippen LogP contribution is 2.35. The lowest BCUT2D eigenvalue weighted by Gasteiger charge is -2.09. The molecule has 1 aromatic heterocycles. The van der Waals surface area contributed by atoms with E-state index in [1.165, 1.54) is 17.7 Å². The second-order valence-corrected chi connectivity index (χ2v) is 5.69. The van der Waals surface area contributed by atoms with Crippen molar-refractivity contribution in [2.45, 2.75) is 6.18 Å². The maximum Gasteiger partial charge on any atom is 0.417 e. The van der Waals surface area contributed by atoms with Crippen molar-refractivity contribution in [3.8, 4) is 6.07 Å². The van der Waals surface area contributed by atoms with Gasteiger partial charge in [0.2, 0.25) is 5.95 Å². The number of anilines is 2. The lowest BCUT2D eigenvalue weighted by atomic mass is 10.1. The topological polar surface area (TPSA) is 79.9 Å². The Bertz CT molecular complexity index is 1080. The van der Waals surface area contributed by atoms with Gasteiger partial charge in [-0.3, -0.25) is 0 Å². The van der Waals surface area contributed by atoms with E-state index in [2.05, 4.69) is 15.0 Å². The molecule has 0 atom stereocenters. The average molecular weight is 374 g/mol. The van der Waals surface area contributed by atoms with Crippen LogP contribution in [-0.4, -0.2) is 22.6 Å². The van der Waals surface area contributed by atoms with Crippen LogP contribution in [0, 0.1) is 11.3 Å². The van der Waals surface area contributed by atoms with E-state index >= 15 is 0 Å². The standard InChI is InChI=1S/C18H13F3N4O2/c1-25-15-8-13(18(19,20)21)11(9-22)7-14(15)24-17(25)23-12-5-3-4-10(6-12)16(26)27-2/h3-8H,1-2H3,(H,23,24). The molecule has 0 saturated heterocycles. The zero-order valence-corrected chi connectivity index (χ0v) is 14.3. The number of aryl methyl sites for hydroxylation is 1. The maximum atomic E-state index is 13.2. The summed E-state index contributed by atoms with van der Waals surface area (Å²) >= 11 is 0. The van der Waals surface area contributed by atoms with Crippen molar-refractivity contribution < 1.29 is 22.7 Å². The summed E-state index contributed by atoms with van der Waals surface area (Å²) in [6.45, 7) is 0. The van der Waals surface area contributed by atoms with Gasteiger partial charge in [-0.1, -0.05) is 6.07 Å². The number of fused-ring (bicyclic) bond motifs is 1. The van der Waals surface area contributed by atoms with Gasteiger partial charge in [-0.15, -0.1) is 0 Å². The number of nitrogens with one attached hydrogen (secondary N) is 1. The third-order valence-corrected chi connectivity index (χ3v) is 3.99. The second kappa shape index (κ2) is 6.64. The predicted octanol–water partition coefficient (Wildman–Crippen LogP) is 3.99. The Balaban J connectivity index is 2.05. The molecule has 138 valence electrons. The Kier molecular flexibility index (Phi) is 4.49. The minimum atomic E-state index is -4.65. The van der Waals surface area contributed by atoms with Crippen molar-refractivity contribution in [2.24, 2.45) is 7.05 Å². The third-order valence-electron chi connectivity index (χ3n) is 3.99. The van der Waals surface area contributed by atoms with Crippen molar-refractivity contribution in [1.82, 2.24) is 9.55 Å². The molecule has 0 unspecified atom stereocenters. The molecule has 27 heavy (non-hydrogen) atoms. The molecule has 0 aliphatic rings. The highest BCUT2D eigenvalue weighted by molar-refractivity contribution is 5.90. The molecule has 6 nitrogen and oxygen atoms in total. The SMILES string of the molecule is COC(=O)c1cccc(Nc2nc3cc(C#N)c(C(F)(F)F)cc3n2C)c1. The Labute approximate surface area is 151 Å². The Morgan fingerprint density at radius 3 is 2.67 bits per heavy atom. The third kappa shape index (κ3) is 3.42. The van der Waals surface area contributed by atoms with Crippen molar-refractivity contribution in [1.29, 1.82) is 5.26 Å². The maximum absolute atomic E-state index is 13.2. The summed E-state index contributed by atoms with van der Waals surface area (Å²) in [6, 6.07) is 9.97. The monoisotopic (exact) mass is 374 g/mol. The molecule has 0 aliphatic carbocycles. The first kappa shape index (κ1) is 18.3. The van der Waals surface area contributed by atoms with Crippen LogP contribution < -0.4 is 5.32 Å². The van der Waals surface area contributed by atoms with Crippen LogP contribution >= 0.6 is 0 Å². The first-order chi connectivity index (χ1) is 12.7. The molecule has 3 rings (SSSR count). The number of benzene rings is 2. The fourth-order valence-electron chi connectivity index (χ4n) is 2.65. The normalized spacial score (nSPS) is 11.3. The number of esters is 1. The number of methoxy groups -OCH3 is 1. The summed E-state index contributed by atoms with van der Waals surface area (Å²) in [5.74, 6) is -0.257. The zero-order valence-electron chi connectivity index (χ0n) is 14.3. The van der Waals surface area contributed by atoms with E-state index in [1.54, 1.807) is 31.3 Å². The van der Waals surface area contributed by atoms with Gasteiger partial charge in [-0.25, -0.2) is 9.78 Å². The summed E-state index contributed by atoms with van der Waals surface area (Å²) in [4.78, 5) is 15.9. The van der Waals surface area contributed by atoms with E-state index in [4.69, 9.17) is 5.26 Å². The van der Waals surface area contributed by atoms with E-state index in [9.17, 15) is 18.0 Å². The number of hydrogen-bond acceptors (Lipinski definition) is 5. The summed E-state index contributed by atoms with van der Waals surface area (Å²) in [5.41, 5.74) is -0.228. The highest BCUT2D eigenvalue weighted by atomic mass is 19.4. The number of aromatic nitrogens is 2. The van der Waals surface area contributed by atoms with Crippen LogP contribution in [0.15, 0.2) is 36.4 Å². The van der Waals surface area contributed by atoms with E-state index < -0.39 is 23.3 Å². The smallest absolute Gasteiger partial charge is 0.417 e. The minimum Gasteiger partial charge on any atom is -0.465 e. The number of nitrogens with zero attached hydrogens (tertiary/aromatic N) is 3. The highest BCUT2D eigenvalue weighted by Gasteiger charge is 2.34. The molecule has 2 aromatic carbocycles. The molecule has 0 saturated carbocycles. The minimum absolute atomic E-state index is 0.216. The fourth-order valence-corrected chi connectivity index (χ4v) is 2.65. The van der Waals surface area contributed by atoms with E-state index in [1.807, 2.05) is 0 Å². The number of ether oxygens (including phenoxy) is 1. The van der Waals surface area contributed by atoms with Crippen molar-refractivity contribution in [3.63, 3.8) is 0 Å². The Morgan fingerprint density at radius 2 is 2.04 bits per heavy atom. The van der Waals surface area contributed by atoms with Crippen LogP contribution in [0.5, 0.6) is 0 Å². The molecule has 0 radical (unpaired) electrons. The number of alkyl halides is 3. The first-order valence-electron chi connectivity index (χ1n) is 7.67. The van der Waals surface area contributed by atoms with Crippen molar-refractivity contribution in [2.75, 3.05) is 12.4 Å². The molecule has 1 heterocycles. The molecular formula is C18H13F3N4O2. The molecule has 0 amide bonds. The van der Waals surface area contributed by atoms with Crippen LogP contribution in [0.2, 0.25) is 0 Å². The number of halogens is 3. The number of hydrogen-bond donors (Lipinski definition) is 1. The molecule has 0 bridgehead atoms. The van der Waals surface area contributed by atoms with E-state index in [0.29, 0.717) is 11.3 Å². The number of imidazole rings is 1. The van der Waals surface area contributed by atoms with Gasteiger partial charge in [0.05, 0.1) is 40.9 Å². The van der Waals surface area contributed by atoms with Crippen LogP contribution in [0.4, 0.5) is 24.8 Å². The van der Waals surface area contributed by atoms with E-state index in [0.717, 1.165) is 12.1 Å². The quantitative estimate of drug-likeness (QED) is 0.701. The zero-order chi connectivity index (χ0) is 19.8. The average Bonchev–Trinajstić information content (AvgIpc) is 2.94. The van der Waals surface area contributed by atoms with Crippen LogP contribution in [-0.2, 0) is 18.0 Å². The van der Waals surface area contributed by atoms with Gasteiger partial charge in [0, 0.05) is 12.7 Å². The van der Waals surface area contributed by atoms with Gasteiger partial charge in [0.25, 0.3) is 0 Å². The summed E-state index contributed by atoms with van der Waals surface area (Å²) in [7, 11) is 2.81. The van der Waals surface area contributed by atoms with Gasteiger partial charge < -0.3 is 14.6 Å². The van der Waals surface area contributed by atoms with Crippen LogP contribution in [0.25, 0.3) is 11.0 Å².